The van der Waals surface area contributed by atoms with Crippen molar-refractivity contribution in [3.8, 4) is 0 Å². The smallest absolute Gasteiger partial charge is 0.341 e. The molecule has 8 heteroatoms. The number of alkyl halides is 6. The summed E-state index contributed by atoms with van der Waals surface area (Å²) in [6, 6.07) is 0. The Balaban J connectivity index is 2.74. The number of epoxide rings is 1. The van der Waals surface area contributed by atoms with Crippen molar-refractivity contribution in [1.29, 1.82) is 0 Å². The fourth-order valence-electron chi connectivity index (χ4n) is 2.43. The van der Waals surface area contributed by atoms with E-state index in [4.69, 9.17) is 4.74 Å². The van der Waals surface area contributed by atoms with Crippen LogP contribution < -0.4 is 0 Å². The van der Waals surface area contributed by atoms with Gasteiger partial charge >= 0.3 is 12.4 Å². The van der Waals surface area contributed by atoms with E-state index in [0.29, 0.717) is 6.42 Å². The number of hydrogen-bond acceptors (Lipinski definition) is 2. The van der Waals surface area contributed by atoms with Gasteiger partial charge in [0.1, 0.15) is 6.10 Å². The van der Waals surface area contributed by atoms with Gasteiger partial charge in [-0.15, -0.1) is 0 Å². The quantitative estimate of drug-likeness (QED) is 0.524. The Morgan fingerprint density at radius 1 is 0.955 bits per heavy atom. The first-order valence-electron chi connectivity index (χ1n) is 7.07. The number of halogens is 6. The standard InChI is InChI=1S/C14H22F6O2/c1-7(2)8(6-12(3,4)5)9-10(21-9)22-11(13(15,16)17)14(18,19)20/h7-11H,6H2,1-5H3. The molecule has 0 aromatic carbocycles. The van der Waals surface area contributed by atoms with Gasteiger partial charge in [0.2, 0.25) is 0 Å². The van der Waals surface area contributed by atoms with Gasteiger partial charge in [-0.25, -0.2) is 0 Å². The van der Waals surface area contributed by atoms with E-state index in [1.807, 2.05) is 34.6 Å². The maximum Gasteiger partial charge on any atom is 0.423 e. The first-order chi connectivity index (χ1) is 9.63. The van der Waals surface area contributed by atoms with Crippen molar-refractivity contribution >= 4 is 0 Å². The summed E-state index contributed by atoms with van der Waals surface area (Å²) in [5.41, 5.74) is -0.112. The van der Waals surface area contributed by atoms with Gasteiger partial charge in [0, 0.05) is 0 Å². The molecule has 1 heterocycles. The van der Waals surface area contributed by atoms with Crippen LogP contribution in [0.1, 0.15) is 41.0 Å². The molecule has 0 aromatic rings. The summed E-state index contributed by atoms with van der Waals surface area (Å²) >= 11 is 0. The predicted molar refractivity (Wildman–Crippen MR) is 68.0 cm³/mol. The Labute approximate surface area is 126 Å². The molecular weight excluding hydrogens is 314 g/mol. The summed E-state index contributed by atoms with van der Waals surface area (Å²) < 4.78 is 83.9. The Bertz CT molecular complexity index is 355. The van der Waals surface area contributed by atoms with Crippen LogP contribution in [0.4, 0.5) is 26.3 Å². The average Bonchev–Trinajstić information content (AvgIpc) is 2.96. The van der Waals surface area contributed by atoms with Crippen molar-refractivity contribution in [2.45, 2.75) is 71.9 Å². The monoisotopic (exact) mass is 336 g/mol. The van der Waals surface area contributed by atoms with E-state index in [1.54, 1.807) is 0 Å². The van der Waals surface area contributed by atoms with Crippen molar-refractivity contribution in [1.82, 2.24) is 0 Å². The highest BCUT2D eigenvalue weighted by atomic mass is 19.4. The molecule has 0 bridgehead atoms. The maximum atomic E-state index is 12.5. The maximum absolute atomic E-state index is 12.5. The number of ether oxygens (including phenoxy) is 2. The summed E-state index contributed by atoms with van der Waals surface area (Å²) in [6.45, 7) is 9.58. The van der Waals surface area contributed by atoms with E-state index in [0.717, 1.165) is 0 Å². The molecule has 0 aromatic heterocycles. The van der Waals surface area contributed by atoms with E-state index in [9.17, 15) is 26.3 Å². The molecule has 0 aliphatic carbocycles. The largest absolute Gasteiger partial charge is 0.423 e. The molecule has 132 valence electrons. The van der Waals surface area contributed by atoms with Gasteiger partial charge in [-0.1, -0.05) is 34.6 Å². The average molecular weight is 336 g/mol. The molecule has 0 saturated carbocycles. The van der Waals surface area contributed by atoms with Gasteiger partial charge in [-0.05, 0) is 23.7 Å². The van der Waals surface area contributed by atoms with Crippen molar-refractivity contribution < 1.29 is 35.8 Å². The fourth-order valence-corrected chi connectivity index (χ4v) is 2.43. The summed E-state index contributed by atoms with van der Waals surface area (Å²) in [5, 5.41) is 0. The molecule has 0 N–H and O–H groups in total. The van der Waals surface area contributed by atoms with Crippen molar-refractivity contribution in [2.24, 2.45) is 17.3 Å². The Morgan fingerprint density at radius 3 is 1.73 bits per heavy atom. The summed E-state index contributed by atoms with van der Waals surface area (Å²) in [4.78, 5) is 0. The van der Waals surface area contributed by atoms with Crippen molar-refractivity contribution in [3.63, 3.8) is 0 Å². The minimum absolute atomic E-state index is 0.0630. The second-order valence-electron chi connectivity index (χ2n) is 7.24. The van der Waals surface area contributed by atoms with Crippen LogP contribution in [-0.2, 0) is 9.47 Å². The number of hydrogen-bond donors (Lipinski definition) is 0. The lowest BCUT2D eigenvalue weighted by molar-refractivity contribution is -0.329. The van der Waals surface area contributed by atoms with Crippen LogP contribution in [0.25, 0.3) is 0 Å². The number of rotatable bonds is 5. The van der Waals surface area contributed by atoms with Gasteiger partial charge in [0.25, 0.3) is 6.10 Å². The molecular formula is C14H22F6O2. The van der Waals surface area contributed by atoms with Crippen LogP contribution in [0.3, 0.4) is 0 Å². The second kappa shape index (κ2) is 6.19. The third-order valence-corrected chi connectivity index (χ3v) is 3.47. The molecule has 2 nitrogen and oxygen atoms in total. The summed E-state index contributed by atoms with van der Waals surface area (Å²) in [6.07, 6.45) is -16.4. The van der Waals surface area contributed by atoms with E-state index in [-0.39, 0.29) is 17.3 Å². The highest BCUT2D eigenvalue weighted by Gasteiger charge is 2.62. The Morgan fingerprint density at radius 2 is 1.41 bits per heavy atom. The zero-order chi connectivity index (χ0) is 17.5. The van der Waals surface area contributed by atoms with Crippen LogP contribution in [0.5, 0.6) is 0 Å². The third kappa shape index (κ3) is 5.61. The van der Waals surface area contributed by atoms with Gasteiger partial charge in [0.15, 0.2) is 6.29 Å². The molecule has 3 unspecified atom stereocenters. The van der Waals surface area contributed by atoms with Gasteiger partial charge in [0.05, 0.1) is 0 Å². The lowest BCUT2D eigenvalue weighted by Crippen LogP contribution is -2.45. The lowest BCUT2D eigenvalue weighted by Gasteiger charge is -2.28. The molecule has 0 spiro atoms. The van der Waals surface area contributed by atoms with Gasteiger partial charge in [-0.2, -0.15) is 26.3 Å². The highest BCUT2D eigenvalue weighted by molar-refractivity contribution is 4.91. The van der Waals surface area contributed by atoms with Crippen LogP contribution in [-0.4, -0.2) is 30.9 Å². The molecule has 0 amide bonds. The second-order valence-corrected chi connectivity index (χ2v) is 7.24. The molecule has 1 aliphatic heterocycles. The predicted octanol–water partition coefficient (Wildman–Crippen LogP) is 4.93. The van der Waals surface area contributed by atoms with Crippen LogP contribution in [0.15, 0.2) is 0 Å². The van der Waals surface area contributed by atoms with Crippen molar-refractivity contribution in [3.05, 3.63) is 0 Å². The fraction of sp³-hybridized carbons (Fsp3) is 1.00. The molecule has 22 heavy (non-hydrogen) atoms. The summed E-state index contributed by atoms with van der Waals surface area (Å²) in [7, 11) is 0. The Kier molecular flexibility index (Phi) is 5.50. The third-order valence-electron chi connectivity index (χ3n) is 3.47. The topological polar surface area (TPSA) is 21.8 Å². The van der Waals surface area contributed by atoms with E-state index in [1.165, 1.54) is 0 Å². The van der Waals surface area contributed by atoms with E-state index in [2.05, 4.69) is 4.74 Å². The molecule has 0 radical (unpaired) electrons. The van der Waals surface area contributed by atoms with Gasteiger partial charge in [-0.3, -0.25) is 0 Å². The van der Waals surface area contributed by atoms with Crippen LogP contribution >= 0.6 is 0 Å². The minimum atomic E-state index is -5.51. The molecule has 1 aliphatic rings. The SMILES string of the molecule is CC(C)C(CC(C)(C)C)C1OC1OC(C(F)(F)F)C(F)(F)F. The highest BCUT2D eigenvalue weighted by Crippen LogP contribution is 2.45. The molecule has 3 atom stereocenters. The van der Waals surface area contributed by atoms with Gasteiger partial charge < -0.3 is 9.47 Å². The molecule has 1 fully saturated rings. The van der Waals surface area contributed by atoms with Crippen LogP contribution in [0.2, 0.25) is 0 Å². The van der Waals surface area contributed by atoms with Crippen molar-refractivity contribution in [2.75, 3.05) is 0 Å². The van der Waals surface area contributed by atoms with E-state index >= 15 is 0 Å². The summed E-state index contributed by atoms with van der Waals surface area (Å²) in [5.74, 6) is -0.0971. The normalized spacial score (nSPS) is 25.0. The zero-order valence-electron chi connectivity index (χ0n) is 13.2. The molecule has 1 rings (SSSR count). The molecule has 1 saturated heterocycles. The first kappa shape index (κ1) is 19.5. The lowest BCUT2D eigenvalue weighted by atomic mass is 9.78. The minimum Gasteiger partial charge on any atom is -0.341 e. The zero-order valence-corrected chi connectivity index (χ0v) is 13.2. The first-order valence-corrected chi connectivity index (χ1v) is 7.07. The van der Waals surface area contributed by atoms with E-state index < -0.39 is 30.9 Å². The Hall–Kier alpha value is -0.500. The van der Waals surface area contributed by atoms with Crippen LogP contribution in [0, 0.1) is 17.3 Å².